The Morgan fingerprint density at radius 1 is 1.03 bits per heavy atom. The molecule has 0 saturated heterocycles. The van der Waals surface area contributed by atoms with Gasteiger partial charge in [0.05, 0.1) is 11.1 Å². The maximum atomic E-state index is 12.3. The molecule has 4 rings (SSSR count). The summed E-state index contributed by atoms with van der Waals surface area (Å²) in [5.41, 5.74) is 3.01. The molecular weight excluding hydrogens is 476 g/mol. The fourth-order valence-electron chi connectivity index (χ4n) is 3.81. The zero-order chi connectivity index (χ0) is 25.5. The molecule has 0 spiro atoms. The number of aryl methyl sites for hydroxylation is 2. The number of carboxylic acids is 1. The van der Waals surface area contributed by atoms with Crippen LogP contribution < -0.4 is 5.32 Å². The number of carbonyl (C=O) groups excluding carboxylic acids is 1. The van der Waals surface area contributed by atoms with Gasteiger partial charge in [-0.1, -0.05) is 42.4 Å². The molecule has 184 valence electrons. The summed E-state index contributed by atoms with van der Waals surface area (Å²) >= 11 is 1.65. The smallest absolute Gasteiger partial charge is 0.364 e. The average molecular weight is 503 g/mol. The molecule has 0 aliphatic heterocycles. The number of benzene rings is 3. The second kappa shape index (κ2) is 11.5. The Kier molecular flexibility index (Phi) is 8.02. The average Bonchev–Trinajstić information content (AvgIpc) is 3.14. The largest absolute Gasteiger partial charge is 0.493 e. The third-order valence-electron chi connectivity index (χ3n) is 5.55. The number of nitrogens with zero attached hydrogens (tertiary/aromatic N) is 3. The van der Waals surface area contributed by atoms with E-state index in [0.29, 0.717) is 17.6 Å². The van der Waals surface area contributed by atoms with Crippen molar-refractivity contribution < 1.29 is 19.8 Å². The maximum absolute atomic E-state index is 12.3. The molecule has 0 saturated carbocycles. The fraction of sp³-hybridized carbons (Fsp3) is 0.185. The van der Waals surface area contributed by atoms with Gasteiger partial charge in [0, 0.05) is 28.3 Å². The molecule has 0 unspecified atom stereocenters. The van der Waals surface area contributed by atoms with Crippen LogP contribution in [0.5, 0.6) is 5.88 Å². The second-order valence-corrected chi connectivity index (χ2v) is 9.27. The number of nitrogens with one attached hydrogen (secondary N) is 1. The number of carboxylic acid groups (broad SMARTS) is 1. The number of fused-ring (bicyclic) bond motifs is 1. The Hall–Kier alpha value is -4.11. The van der Waals surface area contributed by atoms with E-state index in [1.807, 2.05) is 43.3 Å². The molecular formula is C27H26N4O4S. The van der Waals surface area contributed by atoms with Gasteiger partial charge >= 0.3 is 12.0 Å². The quantitative estimate of drug-likeness (QED) is 0.167. The molecule has 1 heterocycles. The Morgan fingerprint density at radius 2 is 1.78 bits per heavy atom. The van der Waals surface area contributed by atoms with E-state index in [4.69, 9.17) is 5.11 Å². The lowest BCUT2D eigenvalue weighted by molar-refractivity contribution is 0.0697. The summed E-state index contributed by atoms with van der Waals surface area (Å²) in [4.78, 5) is 24.3. The van der Waals surface area contributed by atoms with Crippen molar-refractivity contribution in [2.24, 2.45) is 10.2 Å². The summed E-state index contributed by atoms with van der Waals surface area (Å²) in [6, 6.07) is 21.1. The minimum absolute atomic E-state index is 0.0243. The van der Waals surface area contributed by atoms with E-state index in [1.54, 1.807) is 52.7 Å². The number of urea groups is 1. The fourth-order valence-corrected chi connectivity index (χ4v) is 4.75. The molecule has 1 aromatic heterocycles. The molecule has 0 aliphatic carbocycles. The highest BCUT2D eigenvalue weighted by atomic mass is 32.2. The number of thioether (sulfide) groups is 1. The van der Waals surface area contributed by atoms with Crippen LogP contribution in [0.15, 0.2) is 87.9 Å². The van der Waals surface area contributed by atoms with E-state index < -0.39 is 12.0 Å². The van der Waals surface area contributed by atoms with Crippen molar-refractivity contribution in [1.29, 1.82) is 0 Å². The van der Waals surface area contributed by atoms with Crippen LogP contribution >= 0.6 is 11.8 Å². The molecule has 3 aromatic carbocycles. The number of aromatic carboxylic acids is 1. The van der Waals surface area contributed by atoms with Gasteiger partial charge < -0.3 is 20.1 Å². The predicted octanol–water partition coefficient (Wildman–Crippen LogP) is 7.11. The lowest BCUT2D eigenvalue weighted by Gasteiger charge is -2.06. The number of anilines is 1. The van der Waals surface area contributed by atoms with Crippen molar-refractivity contribution in [2.75, 3.05) is 11.1 Å². The van der Waals surface area contributed by atoms with E-state index in [9.17, 15) is 14.7 Å². The predicted molar refractivity (Wildman–Crippen MR) is 142 cm³/mol. The molecule has 4 aromatic rings. The number of aromatic nitrogens is 1. The van der Waals surface area contributed by atoms with Gasteiger partial charge in [0.25, 0.3) is 0 Å². The third-order valence-corrected chi connectivity index (χ3v) is 6.55. The normalized spacial score (nSPS) is 11.2. The van der Waals surface area contributed by atoms with Crippen molar-refractivity contribution in [2.45, 2.75) is 31.2 Å². The third kappa shape index (κ3) is 5.92. The molecule has 36 heavy (non-hydrogen) atoms. The lowest BCUT2D eigenvalue weighted by Crippen LogP contribution is -2.04. The molecule has 9 heteroatoms. The number of aromatic hydroxyl groups is 1. The van der Waals surface area contributed by atoms with Crippen LogP contribution in [-0.2, 0) is 13.0 Å². The van der Waals surface area contributed by atoms with Gasteiger partial charge in [0.2, 0.25) is 5.88 Å². The van der Waals surface area contributed by atoms with Gasteiger partial charge in [-0.15, -0.1) is 16.9 Å². The van der Waals surface area contributed by atoms with Gasteiger partial charge in [-0.2, -0.15) is 0 Å². The molecule has 0 atom stereocenters. The topological polar surface area (TPSA) is 116 Å². The first-order valence-electron chi connectivity index (χ1n) is 11.5. The van der Waals surface area contributed by atoms with Crippen LogP contribution in [-0.4, -0.2) is 32.5 Å². The summed E-state index contributed by atoms with van der Waals surface area (Å²) in [7, 11) is 0. The van der Waals surface area contributed by atoms with Crippen LogP contribution in [0.4, 0.5) is 16.2 Å². The summed E-state index contributed by atoms with van der Waals surface area (Å²) in [5, 5.41) is 31.1. The first kappa shape index (κ1) is 25.0. The van der Waals surface area contributed by atoms with Crippen LogP contribution in [0.2, 0.25) is 0 Å². The van der Waals surface area contributed by atoms with E-state index in [1.165, 1.54) is 0 Å². The van der Waals surface area contributed by atoms with Crippen molar-refractivity contribution in [3.05, 3.63) is 83.9 Å². The molecule has 3 N–H and O–H groups in total. The maximum Gasteiger partial charge on any atom is 0.364 e. The lowest BCUT2D eigenvalue weighted by atomic mass is 10.1. The molecule has 0 radical (unpaired) electrons. The molecule has 0 fully saturated rings. The van der Waals surface area contributed by atoms with Crippen molar-refractivity contribution in [3.8, 4) is 5.88 Å². The van der Waals surface area contributed by atoms with Gasteiger partial charge in [0.15, 0.2) is 5.69 Å². The number of rotatable bonds is 9. The first-order valence-corrected chi connectivity index (χ1v) is 12.5. The zero-order valence-electron chi connectivity index (χ0n) is 19.7. The SMILES string of the molecule is CCCn1c(O)c(N=NC(=O)Nc2ccccc2)c2cc(SCCc3ccc(C(=O)O)cc3)ccc21. The first-order chi connectivity index (χ1) is 17.5. The van der Waals surface area contributed by atoms with Crippen LogP contribution in [0, 0.1) is 0 Å². The Morgan fingerprint density at radius 3 is 2.47 bits per heavy atom. The summed E-state index contributed by atoms with van der Waals surface area (Å²) < 4.78 is 1.78. The van der Waals surface area contributed by atoms with Gasteiger partial charge in [-0.05, 0) is 60.9 Å². The zero-order valence-corrected chi connectivity index (χ0v) is 20.5. The van der Waals surface area contributed by atoms with E-state index in [-0.39, 0.29) is 17.1 Å². The Balaban J connectivity index is 1.52. The van der Waals surface area contributed by atoms with Crippen molar-refractivity contribution >= 4 is 46.0 Å². The van der Waals surface area contributed by atoms with Crippen molar-refractivity contribution in [3.63, 3.8) is 0 Å². The Labute approximate surface area is 212 Å². The molecule has 8 nitrogen and oxygen atoms in total. The standard InChI is InChI=1S/C27H26N4O4S/c1-2-15-31-23-13-12-21(36-16-14-18-8-10-19(11-9-18)26(33)34)17-22(23)24(25(31)32)29-30-27(35)28-20-6-4-3-5-7-20/h3-13,17,32H,2,14-16H2,1H3,(H,28,35)(H,33,34). The van der Waals surface area contributed by atoms with Crippen LogP contribution in [0.1, 0.15) is 29.3 Å². The molecule has 2 amide bonds. The monoisotopic (exact) mass is 502 g/mol. The van der Waals surface area contributed by atoms with E-state index >= 15 is 0 Å². The second-order valence-electron chi connectivity index (χ2n) is 8.10. The number of amides is 2. The molecule has 0 bridgehead atoms. The summed E-state index contributed by atoms with van der Waals surface area (Å²) in [5.74, 6) is -0.174. The van der Waals surface area contributed by atoms with Crippen molar-refractivity contribution in [1.82, 2.24) is 4.57 Å². The van der Waals surface area contributed by atoms with Gasteiger partial charge in [0.1, 0.15) is 0 Å². The van der Waals surface area contributed by atoms with E-state index in [2.05, 4.69) is 15.5 Å². The number of hydrogen-bond donors (Lipinski definition) is 3. The Bertz CT molecular complexity index is 1400. The van der Waals surface area contributed by atoms with E-state index in [0.717, 1.165) is 34.6 Å². The van der Waals surface area contributed by atoms with Crippen LogP contribution in [0.3, 0.4) is 0 Å². The highest BCUT2D eigenvalue weighted by Gasteiger charge is 2.17. The highest BCUT2D eigenvalue weighted by Crippen LogP contribution is 2.40. The van der Waals surface area contributed by atoms with Gasteiger partial charge in [-0.25, -0.2) is 9.59 Å². The van der Waals surface area contributed by atoms with Crippen LogP contribution in [0.25, 0.3) is 10.9 Å². The van der Waals surface area contributed by atoms with Gasteiger partial charge in [-0.3, -0.25) is 0 Å². The number of carbonyl (C=O) groups is 2. The number of azo groups is 1. The highest BCUT2D eigenvalue weighted by molar-refractivity contribution is 7.99. The number of hydrogen-bond acceptors (Lipinski definition) is 5. The summed E-state index contributed by atoms with van der Waals surface area (Å²) in [6.45, 7) is 2.62. The minimum atomic E-state index is -0.937. The molecule has 0 aliphatic rings. The number of para-hydroxylation sites is 1. The minimum Gasteiger partial charge on any atom is -0.493 e. The summed E-state index contributed by atoms with van der Waals surface area (Å²) in [6.07, 6.45) is 1.59.